The van der Waals surface area contributed by atoms with Crippen LogP contribution in [0.5, 0.6) is 0 Å². The van der Waals surface area contributed by atoms with Crippen LogP contribution in [0, 0.1) is 18.6 Å². The van der Waals surface area contributed by atoms with Crippen molar-refractivity contribution in [2.75, 3.05) is 0 Å². The lowest BCUT2D eigenvalue weighted by Gasteiger charge is -2.10. The quantitative estimate of drug-likeness (QED) is 0.880. The summed E-state index contributed by atoms with van der Waals surface area (Å²) in [6.07, 6.45) is 0. The van der Waals surface area contributed by atoms with Gasteiger partial charge in [0.05, 0.1) is 5.56 Å². The van der Waals surface area contributed by atoms with E-state index in [1.54, 1.807) is 19.1 Å². The van der Waals surface area contributed by atoms with Gasteiger partial charge in [-0.3, -0.25) is 0 Å². The molecular weight excluding hydrogens is 238 g/mol. The molecule has 0 heterocycles. The van der Waals surface area contributed by atoms with Gasteiger partial charge in [-0.1, -0.05) is 18.2 Å². The van der Waals surface area contributed by atoms with Crippen molar-refractivity contribution in [2.24, 2.45) is 0 Å². The average Bonchev–Trinajstić information content (AvgIpc) is 2.31. The minimum absolute atomic E-state index is 0.0120. The SMILES string of the molecule is Cc1cccc(-c2cc(F)ccc2F)c1C(=O)O. The highest BCUT2D eigenvalue weighted by atomic mass is 19.1. The van der Waals surface area contributed by atoms with Gasteiger partial charge in [-0.05, 0) is 36.2 Å². The molecule has 92 valence electrons. The maximum absolute atomic E-state index is 13.7. The fraction of sp³-hybridized carbons (Fsp3) is 0.0714. The first-order valence-electron chi connectivity index (χ1n) is 5.29. The predicted molar refractivity (Wildman–Crippen MR) is 63.5 cm³/mol. The van der Waals surface area contributed by atoms with Crippen LogP contribution in [0.1, 0.15) is 15.9 Å². The summed E-state index contributed by atoms with van der Waals surface area (Å²) in [7, 11) is 0. The molecule has 0 amide bonds. The first-order valence-corrected chi connectivity index (χ1v) is 5.29. The summed E-state index contributed by atoms with van der Waals surface area (Å²) in [6, 6.07) is 7.67. The van der Waals surface area contributed by atoms with Crippen LogP contribution in [0.4, 0.5) is 8.78 Å². The molecule has 0 saturated carbocycles. The van der Waals surface area contributed by atoms with Gasteiger partial charge in [-0.2, -0.15) is 0 Å². The van der Waals surface area contributed by atoms with Crippen molar-refractivity contribution >= 4 is 5.97 Å². The molecule has 0 aliphatic carbocycles. The topological polar surface area (TPSA) is 37.3 Å². The zero-order valence-corrected chi connectivity index (χ0v) is 9.58. The van der Waals surface area contributed by atoms with E-state index in [1.165, 1.54) is 6.07 Å². The van der Waals surface area contributed by atoms with Crippen molar-refractivity contribution in [1.82, 2.24) is 0 Å². The van der Waals surface area contributed by atoms with E-state index in [9.17, 15) is 13.6 Å². The summed E-state index contributed by atoms with van der Waals surface area (Å²) < 4.78 is 26.8. The third-order valence-corrected chi connectivity index (χ3v) is 2.71. The van der Waals surface area contributed by atoms with Gasteiger partial charge >= 0.3 is 5.97 Å². The molecule has 0 unspecified atom stereocenters. The van der Waals surface area contributed by atoms with Gasteiger partial charge in [0.1, 0.15) is 11.6 Å². The Hall–Kier alpha value is -2.23. The maximum atomic E-state index is 13.7. The molecule has 0 aliphatic heterocycles. The molecule has 2 aromatic rings. The highest BCUT2D eigenvalue weighted by Crippen LogP contribution is 2.29. The Kier molecular flexibility index (Phi) is 3.10. The van der Waals surface area contributed by atoms with Crippen LogP contribution in [0.2, 0.25) is 0 Å². The van der Waals surface area contributed by atoms with Crippen molar-refractivity contribution in [1.29, 1.82) is 0 Å². The van der Waals surface area contributed by atoms with Crippen molar-refractivity contribution in [3.05, 3.63) is 59.2 Å². The van der Waals surface area contributed by atoms with Gasteiger partial charge in [0.2, 0.25) is 0 Å². The maximum Gasteiger partial charge on any atom is 0.336 e. The van der Waals surface area contributed by atoms with Crippen LogP contribution < -0.4 is 0 Å². The molecule has 0 aliphatic rings. The highest BCUT2D eigenvalue weighted by molar-refractivity contribution is 5.97. The first-order chi connectivity index (χ1) is 8.50. The van der Waals surface area contributed by atoms with E-state index in [4.69, 9.17) is 5.11 Å². The Bertz CT molecular complexity index is 621. The number of aryl methyl sites for hydroxylation is 1. The Morgan fingerprint density at radius 2 is 1.83 bits per heavy atom. The number of rotatable bonds is 2. The van der Waals surface area contributed by atoms with Crippen LogP contribution in [-0.4, -0.2) is 11.1 Å². The third-order valence-electron chi connectivity index (χ3n) is 2.71. The Morgan fingerprint density at radius 1 is 1.11 bits per heavy atom. The Balaban J connectivity index is 2.75. The van der Waals surface area contributed by atoms with Crippen LogP contribution in [-0.2, 0) is 0 Å². The lowest BCUT2D eigenvalue weighted by Crippen LogP contribution is -2.03. The second-order valence-electron chi connectivity index (χ2n) is 3.93. The van der Waals surface area contributed by atoms with Gasteiger partial charge < -0.3 is 5.11 Å². The predicted octanol–water partition coefficient (Wildman–Crippen LogP) is 3.64. The molecular formula is C14H10F2O2. The summed E-state index contributed by atoms with van der Waals surface area (Å²) in [5.74, 6) is -2.42. The zero-order valence-electron chi connectivity index (χ0n) is 9.58. The zero-order chi connectivity index (χ0) is 13.3. The van der Waals surface area contributed by atoms with E-state index in [0.29, 0.717) is 5.56 Å². The number of aromatic carboxylic acids is 1. The molecule has 0 saturated heterocycles. The molecule has 2 nitrogen and oxygen atoms in total. The van der Waals surface area contributed by atoms with E-state index in [1.807, 2.05) is 0 Å². The molecule has 0 fully saturated rings. The molecule has 0 atom stereocenters. The number of hydrogen-bond donors (Lipinski definition) is 1. The largest absolute Gasteiger partial charge is 0.478 e. The molecule has 2 aromatic carbocycles. The normalized spacial score (nSPS) is 10.4. The van der Waals surface area contributed by atoms with Gasteiger partial charge in [0, 0.05) is 5.56 Å². The number of hydrogen-bond acceptors (Lipinski definition) is 1. The van der Waals surface area contributed by atoms with E-state index in [2.05, 4.69) is 0 Å². The molecule has 0 radical (unpaired) electrons. The summed E-state index contributed by atoms with van der Waals surface area (Å²) in [5.41, 5.74) is 0.626. The van der Waals surface area contributed by atoms with Crippen molar-refractivity contribution < 1.29 is 18.7 Å². The van der Waals surface area contributed by atoms with Gasteiger partial charge in [-0.25, -0.2) is 13.6 Å². The van der Waals surface area contributed by atoms with Crippen molar-refractivity contribution in [3.8, 4) is 11.1 Å². The summed E-state index contributed by atoms with van der Waals surface area (Å²) in [5, 5.41) is 9.15. The fourth-order valence-electron chi connectivity index (χ4n) is 1.88. The number of carboxylic acid groups (broad SMARTS) is 1. The molecule has 2 rings (SSSR count). The van der Waals surface area contributed by atoms with Gasteiger partial charge in [0.15, 0.2) is 0 Å². The molecule has 0 aromatic heterocycles. The van der Waals surface area contributed by atoms with Crippen LogP contribution in [0.15, 0.2) is 36.4 Å². The standard InChI is InChI=1S/C14H10F2O2/c1-8-3-2-4-10(13(8)14(17)18)11-7-9(15)5-6-12(11)16/h2-7H,1H3,(H,17,18). The van der Waals surface area contributed by atoms with Crippen molar-refractivity contribution in [2.45, 2.75) is 6.92 Å². The fourth-order valence-corrected chi connectivity index (χ4v) is 1.88. The number of benzene rings is 2. The third kappa shape index (κ3) is 2.09. The second kappa shape index (κ2) is 4.56. The molecule has 1 N–H and O–H groups in total. The van der Waals surface area contributed by atoms with E-state index in [-0.39, 0.29) is 16.7 Å². The van der Waals surface area contributed by atoms with Crippen LogP contribution in [0.25, 0.3) is 11.1 Å². The highest BCUT2D eigenvalue weighted by Gasteiger charge is 2.17. The molecule has 0 bridgehead atoms. The van der Waals surface area contributed by atoms with Gasteiger partial charge in [0.25, 0.3) is 0 Å². The molecule has 0 spiro atoms. The minimum Gasteiger partial charge on any atom is -0.478 e. The first kappa shape index (κ1) is 12.2. The smallest absolute Gasteiger partial charge is 0.336 e. The molecule has 4 heteroatoms. The van der Waals surface area contributed by atoms with Gasteiger partial charge in [-0.15, -0.1) is 0 Å². The van der Waals surface area contributed by atoms with Crippen LogP contribution >= 0.6 is 0 Å². The number of carbonyl (C=O) groups is 1. The Labute approximate surface area is 103 Å². The summed E-state index contributed by atoms with van der Waals surface area (Å²) in [6.45, 7) is 1.62. The summed E-state index contributed by atoms with van der Waals surface area (Å²) in [4.78, 5) is 11.2. The minimum atomic E-state index is -1.16. The Morgan fingerprint density at radius 3 is 2.50 bits per heavy atom. The number of halogens is 2. The molecule has 18 heavy (non-hydrogen) atoms. The lowest BCUT2D eigenvalue weighted by atomic mass is 9.95. The van der Waals surface area contributed by atoms with Crippen LogP contribution in [0.3, 0.4) is 0 Å². The van der Waals surface area contributed by atoms with E-state index in [0.717, 1.165) is 18.2 Å². The second-order valence-corrected chi connectivity index (χ2v) is 3.93. The van der Waals surface area contributed by atoms with Crippen molar-refractivity contribution in [3.63, 3.8) is 0 Å². The average molecular weight is 248 g/mol. The monoisotopic (exact) mass is 248 g/mol. The number of carboxylic acids is 1. The van der Waals surface area contributed by atoms with E-state index >= 15 is 0 Å². The van der Waals surface area contributed by atoms with E-state index < -0.39 is 17.6 Å². The lowest BCUT2D eigenvalue weighted by molar-refractivity contribution is 0.0697. The summed E-state index contributed by atoms with van der Waals surface area (Å²) >= 11 is 0.